The third-order valence-corrected chi connectivity index (χ3v) is 6.25. The second kappa shape index (κ2) is 6.33. The molecule has 0 amide bonds. The topological polar surface area (TPSA) is 44.5 Å². The van der Waals surface area contributed by atoms with Gasteiger partial charge < -0.3 is 15.2 Å². The van der Waals surface area contributed by atoms with Crippen molar-refractivity contribution in [2.45, 2.75) is 62.8 Å². The number of hydrogen-bond donors (Lipinski definition) is 1. The lowest BCUT2D eigenvalue weighted by Crippen LogP contribution is -2.45. The lowest BCUT2D eigenvalue weighted by Gasteiger charge is -2.41. The van der Waals surface area contributed by atoms with Gasteiger partial charge >= 0.3 is 0 Å². The van der Waals surface area contributed by atoms with E-state index in [0.717, 1.165) is 31.7 Å². The Morgan fingerprint density at radius 3 is 2.95 bits per heavy atom. The molecule has 2 N–H and O–H groups in total. The molecule has 0 bridgehead atoms. The summed E-state index contributed by atoms with van der Waals surface area (Å²) in [7, 11) is 0. The highest BCUT2D eigenvalue weighted by Gasteiger charge is 2.42. The SMILES string of the molecule is NCC1CCCCC1OC1CCOC2(CCSC2)C1. The molecule has 3 rings (SSSR count). The zero-order chi connectivity index (χ0) is 13.1. The molecule has 1 aliphatic carbocycles. The summed E-state index contributed by atoms with van der Waals surface area (Å²) in [4.78, 5) is 0. The van der Waals surface area contributed by atoms with Crippen molar-refractivity contribution in [2.75, 3.05) is 24.7 Å². The Hall–Kier alpha value is 0.230. The number of hydrogen-bond acceptors (Lipinski definition) is 4. The van der Waals surface area contributed by atoms with Crippen molar-refractivity contribution >= 4 is 11.8 Å². The van der Waals surface area contributed by atoms with Gasteiger partial charge in [-0.3, -0.25) is 0 Å². The molecule has 4 unspecified atom stereocenters. The van der Waals surface area contributed by atoms with Gasteiger partial charge in [-0.15, -0.1) is 0 Å². The number of thioether (sulfide) groups is 1. The molecule has 0 radical (unpaired) electrons. The average molecular weight is 285 g/mol. The number of rotatable bonds is 3. The van der Waals surface area contributed by atoms with Crippen molar-refractivity contribution in [1.82, 2.24) is 0 Å². The predicted molar refractivity (Wildman–Crippen MR) is 79.5 cm³/mol. The normalized spacial score (nSPS) is 43.7. The van der Waals surface area contributed by atoms with Gasteiger partial charge in [0, 0.05) is 18.8 Å². The van der Waals surface area contributed by atoms with E-state index in [1.165, 1.54) is 37.9 Å². The Balaban J connectivity index is 1.56. The molecule has 3 nitrogen and oxygen atoms in total. The molecule has 0 aromatic carbocycles. The van der Waals surface area contributed by atoms with Gasteiger partial charge in [-0.25, -0.2) is 0 Å². The van der Waals surface area contributed by atoms with E-state index in [1.807, 2.05) is 11.8 Å². The fraction of sp³-hybridized carbons (Fsp3) is 1.00. The largest absolute Gasteiger partial charge is 0.374 e. The Labute approximate surface area is 121 Å². The molecular weight excluding hydrogens is 258 g/mol. The highest BCUT2D eigenvalue weighted by atomic mass is 32.2. The summed E-state index contributed by atoms with van der Waals surface area (Å²) >= 11 is 2.03. The lowest BCUT2D eigenvalue weighted by atomic mass is 9.85. The summed E-state index contributed by atoms with van der Waals surface area (Å²) in [6.07, 6.45) is 9.31. The van der Waals surface area contributed by atoms with Crippen molar-refractivity contribution < 1.29 is 9.47 Å². The molecule has 3 fully saturated rings. The van der Waals surface area contributed by atoms with Gasteiger partial charge in [0.25, 0.3) is 0 Å². The first-order chi connectivity index (χ1) is 9.31. The molecule has 110 valence electrons. The summed E-state index contributed by atoms with van der Waals surface area (Å²) in [6.45, 7) is 1.67. The van der Waals surface area contributed by atoms with Crippen LogP contribution in [0.4, 0.5) is 0 Å². The van der Waals surface area contributed by atoms with E-state index in [0.29, 0.717) is 18.1 Å². The maximum Gasteiger partial charge on any atom is 0.0805 e. The van der Waals surface area contributed by atoms with Crippen LogP contribution < -0.4 is 5.73 Å². The van der Waals surface area contributed by atoms with Crippen molar-refractivity contribution in [3.8, 4) is 0 Å². The highest BCUT2D eigenvalue weighted by Crippen LogP contribution is 2.40. The van der Waals surface area contributed by atoms with E-state index in [9.17, 15) is 0 Å². The van der Waals surface area contributed by atoms with Crippen LogP contribution in [-0.2, 0) is 9.47 Å². The maximum atomic E-state index is 6.45. The van der Waals surface area contributed by atoms with E-state index in [2.05, 4.69) is 0 Å². The van der Waals surface area contributed by atoms with Gasteiger partial charge in [-0.05, 0) is 43.9 Å². The van der Waals surface area contributed by atoms with Crippen LogP contribution in [-0.4, -0.2) is 42.5 Å². The van der Waals surface area contributed by atoms with Crippen molar-refractivity contribution in [3.63, 3.8) is 0 Å². The van der Waals surface area contributed by atoms with Crippen LogP contribution in [0.2, 0.25) is 0 Å². The lowest BCUT2D eigenvalue weighted by molar-refractivity contribution is -0.149. The number of nitrogens with two attached hydrogens (primary N) is 1. The van der Waals surface area contributed by atoms with Crippen molar-refractivity contribution in [2.24, 2.45) is 11.7 Å². The monoisotopic (exact) mass is 285 g/mol. The molecule has 2 saturated heterocycles. The fourth-order valence-electron chi connectivity index (χ4n) is 3.83. The van der Waals surface area contributed by atoms with Crippen LogP contribution in [0.5, 0.6) is 0 Å². The van der Waals surface area contributed by atoms with E-state index >= 15 is 0 Å². The fourth-order valence-corrected chi connectivity index (χ4v) is 5.21. The van der Waals surface area contributed by atoms with E-state index < -0.39 is 0 Å². The van der Waals surface area contributed by atoms with Crippen molar-refractivity contribution in [3.05, 3.63) is 0 Å². The molecule has 19 heavy (non-hydrogen) atoms. The van der Waals surface area contributed by atoms with Gasteiger partial charge in [-0.2, -0.15) is 11.8 Å². The summed E-state index contributed by atoms with van der Waals surface area (Å²) in [5.41, 5.74) is 6.05. The molecule has 3 aliphatic rings. The van der Waals surface area contributed by atoms with Gasteiger partial charge in [-0.1, -0.05) is 12.8 Å². The second-order valence-corrected chi connectivity index (χ2v) is 7.51. The van der Waals surface area contributed by atoms with Gasteiger partial charge in [0.15, 0.2) is 0 Å². The Morgan fingerprint density at radius 2 is 2.16 bits per heavy atom. The van der Waals surface area contributed by atoms with Crippen LogP contribution in [0.15, 0.2) is 0 Å². The van der Waals surface area contributed by atoms with Crippen molar-refractivity contribution in [1.29, 1.82) is 0 Å². The molecule has 1 spiro atoms. The summed E-state index contributed by atoms with van der Waals surface area (Å²) < 4.78 is 12.5. The minimum Gasteiger partial charge on any atom is -0.374 e. The standard InChI is InChI=1S/C15H27NO2S/c16-10-12-3-1-2-4-14(12)18-13-5-7-17-15(9-13)6-8-19-11-15/h12-14H,1-11,16H2. The van der Waals surface area contributed by atoms with Crippen LogP contribution in [0.1, 0.15) is 44.9 Å². The Morgan fingerprint density at radius 1 is 1.26 bits per heavy atom. The summed E-state index contributed by atoms with van der Waals surface area (Å²) in [6, 6.07) is 0. The van der Waals surface area contributed by atoms with Crippen LogP contribution in [0.3, 0.4) is 0 Å². The smallest absolute Gasteiger partial charge is 0.0805 e. The van der Waals surface area contributed by atoms with E-state index in [4.69, 9.17) is 15.2 Å². The third kappa shape index (κ3) is 3.29. The Kier molecular flexibility index (Phi) is 4.73. The van der Waals surface area contributed by atoms with Gasteiger partial charge in [0.2, 0.25) is 0 Å². The third-order valence-electron chi connectivity index (χ3n) is 5.02. The number of ether oxygens (including phenoxy) is 2. The zero-order valence-electron chi connectivity index (χ0n) is 11.8. The second-order valence-electron chi connectivity index (χ2n) is 6.40. The molecule has 4 atom stereocenters. The van der Waals surface area contributed by atoms with Crippen LogP contribution in [0.25, 0.3) is 0 Å². The zero-order valence-corrected chi connectivity index (χ0v) is 12.6. The first kappa shape index (κ1) is 14.2. The molecule has 1 saturated carbocycles. The van der Waals surface area contributed by atoms with Crippen LogP contribution >= 0.6 is 11.8 Å². The van der Waals surface area contributed by atoms with Crippen LogP contribution in [0, 0.1) is 5.92 Å². The summed E-state index contributed by atoms with van der Waals surface area (Å²) in [5.74, 6) is 3.00. The molecule has 2 heterocycles. The molecule has 2 aliphatic heterocycles. The first-order valence-corrected chi connectivity index (χ1v) is 9.04. The maximum absolute atomic E-state index is 6.45. The van der Waals surface area contributed by atoms with E-state index in [1.54, 1.807) is 0 Å². The molecular formula is C15H27NO2S. The Bertz CT molecular complexity index is 294. The quantitative estimate of drug-likeness (QED) is 0.865. The summed E-state index contributed by atoms with van der Waals surface area (Å²) in [5, 5.41) is 0. The predicted octanol–water partition coefficient (Wildman–Crippen LogP) is 2.58. The van der Waals surface area contributed by atoms with Gasteiger partial charge in [0.05, 0.1) is 17.8 Å². The minimum absolute atomic E-state index is 0.139. The van der Waals surface area contributed by atoms with Gasteiger partial charge in [0.1, 0.15) is 0 Å². The average Bonchev–Trinajstić information content (AvgIpc) is 2.87. The molecule has 0 aromatic heterocycles. The molecule has 0 aromatic rings. The first-order valence-electron chi connectivity index (χ1n) is 7.89. The minimum atomic E-state index is 0.139. The molecule has 4 heteroatoms. The van der Waals surface area contributed by atoms with E-state index in [-0.39, 0.29) is 5.60 Å². The highest BCUT2D eigenvalue weighted by molar-refractivity contribution is 7.99.